The van der Waals surface area contributed by atoms with Crippen molar-refractivity contribution < 1.29 is 9.59 Å². The van der Waals surface area contributed by atoms with E-state index in [0.29, 0.717) is 31.1 Å². The van der Waals surface area contributed by atoms with E-state index in [1.807, 2.05) is 0 Å². The highest BCUT2D eigenvalue weighted by molar-refractivity contribution is 8.26. The van der Waals surface area contributed by atoms with Crippen molar-refractivity contribution >= 4 is 81.0 Å². The first kappa shape index (κ1) is 19.2. The number of nitrogens with one attached hydrogen (secondary N) is 1. The molecule has 4 nitrogen and oxygen atoms in total. The molecule has 0 unspecified atom stereocenters. The third-order valence-corrected chi connectivity index (χ3v) is 5.57. The van der Waals surface area contributed by atoms with Gasteiger partial charge in [-0.25, -0.2) is 0 Å². The third-order valence-electron chi connectivity index (χ3n) is 3.37. The Morgan fingerprint density at radius 2 is 1.77 bits per heavy atom. The molecule has 132 valence electrons. The van der Waals surface area contributed by atoms with Gasteiger partial charge in [-0.05, 0) is 48.6 Å². The normalized spacial score (nSPS) is 15.7. The number of nitrogens with zero attached hydrogens (tertiary/aromatic N) is 1. The first-order valence-electron chi connectivity index (χ1n) is 7.15. The predicted molar refractivity (Wildman–Crippen MR) is 110 cm³/mol. The molecule has 1 fully saturated rings. The SMILES string of the molecule is O=C(NN1C(=O)/C(=C\c2c(Cl)cccc2Cl)SC1=S)c1cccc(Cl)c1. The van der Waals surface area contributed by atoms with Gasteiger partial charge in [-0.2, -0.15) is 5.01 Å². The number of thiocarbonyl (C=S) groups is 1. The summed E-state index contributed by atoms with van der Waals surface area (Å²) in [5, 5.41) is 2.24. The Hall–Kier alpha value is -1.57. The topological polar surface area (TPSA) is 49.4 Å². The summed E-state index contributed by atoms with van der Waals surface area (Å²) in [6, 6.07) is 11.4. The van der Waals surface area contributed by atoms with Gasteiger partial charge in [0.15, 0.2) is 4.32 Å². The molecule has 0 atom stereocenters. The summed E-state index contributed by atoms with van der Waals surface area (Å²) >= 11 is 24.4. The van der Waals surface area contributed by atoms with Crippen LogP contribution in [0.1, 0.15) is 15.9 Å². The third kappa shape index (κ3) is 4.05. The van der Waals surface area contributed by atoms with Crippen LogP contribution in [0.15, 0.2) is 47.4 Å². The molecular weight excluding hydrogens is 435 g/mol. The zero-order valence-electron chi connectivity index (χ0n) is 12.8. The number of amides is 2. The monoisotopic (exact) mass is 442 g/mol. The largest absolute Gasteiger partial charge is 0.285 e. The minimum Gasteiger partial charge on any atom is -0.267 e. The van der Waals surface area contributed by atoms with Crippen molar-refractivity contribution in [2.45, 2.75) is 0 Å². The zero-order chi connectivity index (χ0) is 18.8. The molecule has 26 heavy (non-hydrogen) atoms. The standard InChI is InChI=1S/C17H9Cl3N2O2S2/c18-10-4-1-3-9(7-10)15(23)21-22-16(24)14(26-17(22)25)8-11-12(19)5-2-6-13(11)20/h1-8H,(H,21,23)/b14-8+. The van der Waals surface area contributed by atoms with Crippen molar-refractivity contribution in [2.75, 3.05) is 0 Å². The lowest BCUT2D eigenvalue weighted by Gasteiger charge is -2.15. The Morgan fingerprint density at radius 1 is 1.12 bits per heavy atom. The number of carbonyl (C=O) groups excluding carboxylic acids is 2. The molecule has 3 rings (SSSR count). The molecule has 1 aliphatic heterocycles. The maximum atomic E-state index is 12.6. The van der Waals surface area contributed by atoms with E-state index in [4.69, 9.17) is 47.0 Å². The first-order valence-corrected chi connectivity index (χ1v) is 9.51. The molecule has 0 saturated carbocycles. The van der Waals surface area contributed by atoms with Crippen molar-refractivity contribution in [3.8, 4) is 0 Å². The average Bonchev–Trinajstić information content (AvgIpc) is 2.85. The van der Waals surface area contributed by atoms with Gasteiger partial charge >= 0.3 is 0 Å². The van der Waals surface area contributed by atoms with Crippen LogP contribution in [0.4, 0.5) is 0 Å². The Balaban J connectivity index is 1.83. The maximum absolute atomic E-state index is 12.6. The Labute approximate surface area is 174 Å². The summed E-state index contributed by atoms with van der Waals surface area (Å²) in [7, 11) is 0. The number of hydrazine groups is 1. The number of carbonyl (C=O) groups is 2. The molecule has 2 aromatic rings. The molecular formula is C17H9Cl3N2O2S2. The Bertz CT molecular complexity index is 943. The molecule has 0 radical (unpaired) electrons. The lowest BCUT2D eigenvalue weighted by Crippen LogP contribution is -2.44. The van der Waals surface area contributed by atoms with E-state index >= 15 is 0 Å². The van der Waals surface area contributed by atoms with Gasteiger partial charge in [0.25, 0.3) is 11.8 Å². The van der Waals surface area contributed by atoms with Gasteiger partial charge in [-0.1, -0.05) is 58.7 Å². The van der Waals surface area contributed by atoms with Crippen LogP contribution in [0, 0.1) is 0 Å². The molecule has 1 saturated heterocycles. The molecule has 0 aromatic heterocycles. The van der Waals surface area contributed by atoms with Gasteiger partial charge in [0.05, 0.1) is 4.91 Å². The van der Waals surface area contributed by atoms with Crippen LogP contribution in [0.2, 0.25) is 15.1 Å². The lowest BCUT2D eigenvalue weighted by molar-refractivity contribution is -0.123. The van der Waals surface area contributed by atoms with E-state index < -0.39 is 11.8 Å². The maximum Gasteiger partial charge on any atom is 0.285 e. The summed E-state index contributed by atoms with van der Waals surface area (Å²) in [6.07, 6.45) is 1.55. The van der Waals surface area contributed by atoms with E-state index in [0.717, 1.165) is 16.8 Å². The van der Waals surface area contributed by atoms with Gasteiger partial charge in [0.2, 0.25) is 0 Å². The summed E-state index contributed by atoms with van der Waals surface area (Å²) in [5.41, 5.74) is 3.31. The van der Waals surface area contributed by atoms with Crippen molar-refractivity contribution in [1.29, 1.82) is 0 Å². The van der Waals surface area contributed by atoms with E-state index in [-0.39, 0.29) is 4.32 Å². The quantitative estimate of drug-likeness (QED) is 0.524. The number of benzene rings is 2. The fourth-order valence-corrected chi connectivity index (χ4v) is 4.00. The number of halogens is 3. The van der Waals surface area contributed by atoms with Crippen LogP contribution in [-0.2, 0) is 4.79 Å². The second-order valence-electron chi connectivity index (χ2n) is 5.10. The number of hydrogen-bond acceptors (Lipinski definition) is 4. The number of thioether (sulfide) groups is 1. The van der Waals surface area contributed by atoms with Crippen LogP contribution in [0.3, 0.4) is 0 Å². The van der Waals surface area contributed by atoms with Gasteiger partial charge in [0.1, 0.15) is 0 Å². The van der Waals surface area contributed by atoms with Gasteiger partial charge in [-0.3, -0.25) is 15.0 Å². The Morgan fingerprint density at radius 3 is 2.42 bits per heavy atom. The lowest BCUT2D eigenvalue weighted by atomic mass is 10.2. The molecule has 2 aromatic carbocycles. The van der Waals surface area contributed by atoms with E-state index in [2.05, 4.69) is 5.43 Å². The molecule has 9 heteroatoms. The van der Waals surface area contributed by atoms with Crippen LogP contribution >= 0.6 is 58.8 Å². The van der Waals surface area contributed by atoms with Crippen LogP contribution < -0.4 is 5.43 Å². The predicted octanol–water partition coefficient (Wildman–Crippen LogP) is 5.19. The van der Waals surface area contributed by atoms with Crippen LogP contribution in [0.25, 0.3) is 6.08 Å². The van der Waals surface area contributed by atoms with Crippen LogP contribution in [0.5, 0.6) is 0 Å². The first-order chi connectivity index (χ1) is 12.4. The summed E-state index contributed by atoms with van der Waals surface area (Å²) in [6.45, 7) is 0. The van der Waals surface area contributed by atoms with Gasteiger partial charge < -0.3 is 0 Å². The minimum absolute atomic E-state index is 0.194. The number of hydrogen-bond donors (Lipinski definition) is 1. The summed E-state index contributed by atoms with van der Waals surface area (Å²) < 4.78 is 0.194. The highest BCUT2D eigenvalue weighted by atomic mass is 35.5. The molecule has 1 aliphatic rings. The van der Waals surface area contributed by atoms with Crippen molar-refractivity contribution in [3.05, 3.63) is 73.6 Å². The van der Waals surface area contributed by atoms with Crippen molar-refractivity contribution in [3.63, 3.8) is 0 Å². The fraction of sp³-hybridized carbons (Fsp3) is 0. The summed E-state index contributed by atoms with van der Waals surface area (Å²) in [5.74, 6) is -0.966. The summed E-state index contributed by atoms with van der Waals surface area (Å²) in [4.78, 5) is 25.2. The van der Waals surface area contributed by atoms with E-state index in [1.165, 1.54) is 6.07 Å². The second-order valence-corrected chi connectivity index (χ2v) is 8.03. The highest BCUT2D eigenvalue weighted by Crippen LogP contribution is 2.35. The van der Waals surface area contributed by atoms with E-state index in [9.17, 15) is 9.59 Å². The van der Waals surface area contributed by atoms with Gasteiger partial charge in [-0.15, -0.1) is 0 Å². The number of rotatable bonds is 3. The van der Waals surface area contributed by atoms with Crippen molar-refractivity contribution in [1.82, 2.24) is 10.4 Å². The molecule has 0 aliphatic carbocycles. The zero-order valence-corrected chi connectivity index (χ0v) is 16.7. The molecule has 1 N–H and O–H groups in total. The Kier molecular flexibility index (Phi) is 5.89. The minimum atomic E-state index is -0.499. The molecule has 1 heterocycles. The molecule has 0 spiro atoms. The second kappa shape index (κ2) is 7.98. The van der Waals surface area contributed by atoms with Crippen LogP contribution in [-0.4, -0.2) is 21.1 Å². The fourth-order valence-electron chi connectivity index (χ4n) is 2.14. The van der Waals surface area contributed by atoms with Gasteiger partial charge in [0, 0.05) is 26.2 Å². The van der Waals surface area contributed by atoms with Crippen molar-refractivity contribution in [2.24, 2.45) is 0 Å². The smallest absolute Gasteiger partial charge is 0.267 e. The molecule has 2 amide bonds. The average molecular weight is 444 g/mol. The molecule has 0 bridgehead atoms. The van der Waals surface area contributed by atoms with E-state index in [1.54, 1.807) is 42.5 Å². The highest BCUT2D eigenvalue weighted by Gasteiger charge is 2.34.